The summed E-state index contributed by atoms with van der Waals surface area (Å²) < 4.78 is 6.13. The first-order chi connectivity index (χ1) is 12.6. The Morgan fingerprint density at radius 1 is 0.846 bits per heavy atom. The summed E-state index contributed by atoms with van der Waals surface area (Å²) in [7, 11) is 0. The number of benzene rings is 3. The van der Waals surface area contributed by atoms with Crippen LogP contribution >= 0.6 is 23.2 Å². The molecule has 0 aliphatic heterocycles. The Morgan fingerprint density at radius 2 is 1.62 bits per heavy atom. The van der Waals surface area contributed by atoms with E-state index in [2.05, 4.69) is 9.97 Å². The lowest BCUT2D eigenvalue weighted by Crippen LogP contribution is -1.97. The van der Waals surface area contributed by atoms with E-state index in [1.165, 1.54) is 0 Å². The van der Waals surface area contributed by atoms with E-state index in [1.807, 2.05) is 61.5 Å². The average molecular weight is 381 g/mol. The van der Waals surface area contributed by atoms with Crippen molar-refractivity contribution in [2.75, 3.05) is 0 Å². The van der Waals surface area contributed by atoms with Crippen LogP contribution in [0.2, 0.25) is 10.0 Å². The van der Waals surface area contributed by atoms with Gasteiger partial charge in [-0.1, -0.05) is 53.5 Å². The zero-order valence-electron chi connectivity index (χ0n) is 13.9. The maximum absolute atomic E-state index is 6.35. The first-order valence-electron chi connectivity index (χ1n) is 8.07. The minimum Gasteiger partial charge on any atom is -0.438 e. The lowest BCUT2D eigenvalue weighted by atomic mass is 10.2. The highest BCUT2D eigenvalue weighted by molar-refractivity contribution is 6.36. The summed E-state index contributed by atoms with van der Waals surface area (Å²) in [5.41, 5.74) is 2.52. The number of fused-ring (bicyclic) bond motifs is 1. The fraction of sp³-hybridized carbons (Fsp3) is 0.0476. The largest absolute Gasteiger partial charge is 0.438 e. The molecule has 0 bridgehead atoms. The minimum atomic E-state index is 0.492. The van der Waals surface area contributed by atoms with Gasteiger partial charge in [0.25, 0.3) is 0 Å². The predicted molar refractivity (Wildman–Crippen MR) is 106 cm³/mol. The van der Waals surface area contributed by atoms with Crippen LogP contribution in [0.5, 0.6) is 11.6 Å². The molecule has 128 valence electrons. The first-order valence-corrected chi connectivity index (χ1v) is 8.83. The Balaban J connectivity index is 1.90. The Kier molecular flexibility index (Phi) is 4.49. The molecule has 3 nitrogen and oxygen atoms in total. The average Bonchev–Trinajstić information content (AvgIpc) is 2.63. The van der Waals surface area contributed by atoms with E-state index in [-0.39, 0.29) is 0 Å². The third-order valence-corrected chi connectivity index (χ3v) is 4.59. The number of para-hydroxylation sites is 2. The van der Waals surface area contributed by atoms with Gasteiger partial charge in [0.2, 0.25) is 5.88 Å². The van der Waals surface area contributed by atoms with Crippen LogP contribution in [-0.2, 0) is 0 Å². The molecule has 4 aromatic rings. The Bertz CT molecular complexity index is 1110. The van der Waals surface area contributed by atoms with Gasteiger partial charge in [-0.25, -0.2) is 4.98 Å². The zero-order valence-corrected chi connectivity index (χ0v) is 15.4. The summed E-state index contributed by atoms with van der Waals surface area (Å²) in [4.78, 5) is 9.28. The van der Waals surface area contributed by atoms with Gasteiger partial charge in [0.1, 0.15) is 5.75 Å². The van der Waals surface area contributed by atoms with Gasteiger partial charge >= 0.3 is 0 Å². The van der Waals surface area contributed by atoms with Crippen molar-refractivity contribution in [3.63, 3.8) is 0 Å². The highest BCUT2D eigenvalue weighted by atomic mass is 35.5. The van der Waals surface area contributed by atoms with Gasteiger partial charge in [-0.2, -0.15) is 4.98 Å². The van der Waals surface area contributed by atoms with Gasteiger partial charge in [0, 0.05) is 10.6 Å². The van der Waals surface area contributed by atoms with E-state index < -0.39 is 0 Å². The first kappa shape index (κ1) is 16.8. The minimum absolute atomic E-state index is 0.492. The maximum Gasteiger partial charge on any atom is 0.230 e. The summed E-state index contributed by atoms with van der Waals surface area (Å²) in [6, 6.07) is 20.8. The highest BCUT2D eigenvalue weighted by Crippen LogP contribution is 2.34. The van der Waals surface area contributed by atoms with Crippen LogP contribution in [-0.4, -0.2) is 9.97 Å². The summed E-state index contributed by atoms with van der Waals surface area (Å²) in [5.74, 6) is 1.74. The van der Waals surface area contributed by atoms with Gasteiger partial charge in [0.05, 0.1) is 15.9 Å². The van der Waals surface area contributed by atoms with E-state index in [9.17, 15) is 0 Å². The standard InChI is InChI=1S/C21H14Cl2N2O/c1-13-6-2-5-9-19(13)26-21-16-7-3-4-8-18(16)24-20(25-21)15-11-10-14(22)12-17(15)23/h2-12H,1H3. The van der Waals surface area contributed by atoms with Crippen LogP contribution < -0.4 is 4.74 Å². The number of hydrogen-bond donors (Lipinski definition) is 0. The molecule has 4 rings (SSSR count). The second-order valence-corrected chi connectivity index (χ2v) is 6.70. The molecule has 0 fully saturated rings. The van der Waals surface area contributed by atoms with Crippen LogP contribution in [0.25, 0.3) is 22.3 Å². The second-order valence-electron chi connectivity index (χ2n) is 5.86. The van der Waals surface area contributed by atoms with Crippen molar-refractivity contribution in [2.24, 2.45) is 0 Å². The van der Waals surface area contributed by atoms with Crippen LogP contribution in [0.3, 0.4) is 0 Å². The van der Waals surface area contributed by atoms with Crippen molar-refractivity contribution in [3.8, 4) is 23.0 Å². The molecular formula is C21H14Cl2N2O. The van der Waals surface area contributed by atoms with E-state index >= 15 is 0 Å². The lowest BCUT2D eigenvalue weighted by Gasteiger charge is -2.12. The molecule has 3 aromatic carbocycles. The number of halogens is 2. The molecule has 5 heteroatoms. The lowest BCUT2D eigenvalue weighted by molar-refractivity contribution is 0.465. The molecule has 0 amide bonds. The van der Waals surface area contributed by atoms with Crippen molar-refractivity contribution in [1.82, 2.24) is 9.97 Å². The maximum atomic E-state index is 6.35. The smallest absolute Gasteiger partial charge is 0.230 e. The van der Waals surface area contributed by atoms with Gasteiger partial charge in [-0.05, 0) is 48.9 Å². The zero-order chi connectivity index (χ0) is 18.1. The van der Waals surface area contributed by atoms with Crippen molar-refractivity contribution < 1.29 is 4.74 Å². The Labute approximate surface area is 161 Å². The van der Waals surface area contributed by atoms with E-state index in [0.29, 0.717) is 27.3 Å². The van der Waals surface area contributed by atoms with Gasteiger partial charge in [-0.15, -0.1) is 0 Å². The van der Waals surface area contributed by atoms with Crippen LogP contribution in [0.15, 0.2) is 66.7 Å². The fourth-order valence-corrected chi connectivity index (χ4v) is 3.18. The number of aromatic nitrogens is 2. The summed E-state index contributed by atoms with van der Waals surface area (Å²) in [6.07, 6.45) is 0. The monoisotopic (exact) mass is 380 g/mol. The summed E-state index contributed by atoms with van der Waals surface area (Å²) in [6.45, 7) is 2.00. The molecule has 0 N–H and O–H groups in total. The Morgan fingerprint density at radius 3 is 2.42 bits per heavy atom. The van der Waals surface area contributed by atoms with E-state index in [0.717, 1.165) is 22.2 Å². The molecule has 0 aliphatic rings. The number of aryl methyl sites for hydroxylation is 1. The molecule has 0 saturated heterocycles. The molecule has 0 unspecified atom stereocenters. The number of rotatable bonds is 3. The van der Waals surface area contributed by atoms with E-state index in [4.69, 9.17) is 27.9 Å². The predicted octanol–water partition coefficient (Wildman–Crippen LogP) is 6.70. The van der Waals surface area contributed by atoms with Crippen molar-refractivity contribution in [2.45, 2.75) is 6.92 Å². The van der Waals surface area contributed by atoms with Crippen LogP contribution in [0, 0.1) is 6.92 Å². The van der Waals surface area contributed by atoms with Gasteiger partial charge in [0.15, 0.2) is 5.82 Å². The van der Waals surface area contributed by atoms with Crippen molar-refractivity contribution >= 4 is 34.1 Å². The molecular weight excluding hydrogens is 367 g/mol. The molecule has 0 aliphatic carbocycles. The highest BCUT2D eigenvalue weighted by Gasteiger charge is 2.14. The molecule has 0 atom stereocenters. The van der Waals surface area contributed by atoms with Crippen molar-refractivity contribution in [1.29, 1.82) is 0 Å². The summed E-state index contributed by atoms with van der Waals surface area (Å²) in [5, 5.41) is 1.90. The fourth-order valence-electron chi connectivity index (χ4n) is 2.69. The van der Waals surface area contributed by atoms with E-state index in [1.54, 1.807) is 12.1 Å². The third-order valence-electron chi connectivity index (χ3n) is 4.04. The number of nitrogens with zero attached hydrogens (tertiary/aromatic N) is 2. The Hall–Kier alpha value is -2.62. The topological polar surface area (TPSA) is 35.0 Å². The van der Waals surface area contributed by atoms with Gasteiger partial charge < -0.3 is 4.74 Å². The molecule has 0 spiro atoms. The quantitative estimate of drug-likeness (QED) is 0.396. The molecule has 1 heterocycles. The number of hydrogen-bond acceptors (Lipinski definition) is 3. The molecule has 1 aromatic heterocycles. The second kappa shape index (κ2) is 6.94. The molecule has 0 radical (unpaired) electrons. The summed E-state index contributed by atoms with van der Waals surface area (Å²) >= 11 is 12.4. The van der Waals surface area contributed by atoms with Crippen LogP contribution in [0.1, 0.15) is 5.56 Å². The van der Waals surface area contributed by atoms with Crippen LogP contribution in [0.4, 0.5) is 0 Å². The van der Waals surface area contributed by atoms with Crippen molar-refractivity contribution in [3.05, 3.63) is 82.3 Å². The normalized spacial score (nSPS) is 10.9. The molecule has 0 saturated carbocycles. The van der Waals surface area contributed by atoms with Gasteiger partial charge in [-0.3, -0.25) is 0 Å². The number of ether oxygens (including phenoxy) is 1. The molecule has 26 heavy (non-hydrogen) atoms. The third kappa shape index (κ3) is 3.24. The SMILES string of the molecule is Cc1ccccc1Oc1nc(-c2ccc(Cl)cc2Cl)nc2ccccc12.